The molecule has 11 heavy (non-hydrogen) atoms. The molecule has 0 aromatic heterocycles. The monoisotopic (exact) mass is 207 g/mol. The van der Waals surface area contributed by atoms with Crippen LogP contribution in [0.2, 0.25) is 0 Å². The van der Waals surface area contributed by atoms with Gasteiger partial charge in [0.15, 0.2) is 0 Å². The van der Waals surface area contributed by atoms with Crippen LogP contribution in [0.4, 0.5) is 13.2 Å². The van der Waals surface area contributed by atoms with E-state index in [1.165, 1.54) is 0 Å². The molecule has 0 bridgehead atoms. The van der Waals surface area contributed by atoms with Gasteiger partial charge in [0.25, 0.3) is 0 Å². The lowest BCUT2D eigenvalue weighted by molar-refractivity contribution is -0.0327. The summed E-state index contributed by atoms with van der Waals surface area (Å²) in [6, 6.07) is 0. The molecule has 0 saturated heterocycles. The number of rotatable bonds is 5. The highest BCUT2D eigenvalue weighted by Gasteiger charge is 2.27. The molecule has 0 unspecified atom stereocenters. The largest absolute Gasteiger partial charge is 0.441 e. The Hall–Kier alpha value is 0.390. The van der Waals surface area contributed by atoms with Crippen LogP contribution < -0.4 is 5.32 Å². The number of thioether (sulfide) groups is 1. The van der Waals surface area contributed by atoms with Crippen LogP contribution >= 0.6 is 23.4 Å². The lowest BCUT2D eigenvalue weighted by Crippen LogP contribution is -2.20. The van der Waals surface area contributed by atoms with E-state index in [9.17, 15) is 13.2 Å². The van der Waals surface area contributed by atoms with E-state index in [4.69, 9.17) is 11.6 Å². The molecule has 0 aliphatic heterocycles. The molecule has 0 radical (unpaired) electrons. The molecular weight excluding hydrogens is 199 g/mol. The van der Waals surface area contributed by atoms with Crippen molar-refractivity contribution in [1.82, 2.24) is 5.32 Å². The lowest BCUT2D eigenvalue weighted by atomic mass is 10.7. The van der Waals surface area contributed by atoms with Gasteiger partial charge in [-0.1, -0.05) is 0 Å². The summed E-state index contributed by atoms with van der Waals surface area (Å²) >= 11 is 5.26. The Morgan fingerprint density at radius 3 is 2.36 bits per heavy atom. The van der Waals surface area contributed by atoms with Gasteiger partial charge in [0.1, 0.15) is 0 Å². The van der Waals surface area contributed by atoms with Gasteiger partial charge in [-0.05, 0) is 11.8 Å². The molecule has 0 spiro atoms. The number of nitrogens with one attached hydrogen (secondary N) is 1. The van der Waals surface area contributed by atoms with Gasteiger partial charge in [0.05, 0.1) is 0 Å². The fourth-order valence-electron chi connectivity index (χ4n) is 0.431. The average Bonchev–Trinajstić information content (AvgIpc) is 1.85. The van der Waals surface area contributed by atoms with E-state index in [1.807, 2.05) is 0 Å². The van der Waals surface area contributed by atoms with Crippen LogP contribution in [0, 0.1) is 0 Å². The van der Waals surface area contributed by atoms with E-state index in [1.54, 1.807) is 0 Å². The molecule has 1 nitrogen and oxygen atoms in total. The molecule has 68 valence electrons. The van der Waals surface area contributed by atoms with E-state index in [2.05, 4.69) is 5.32 Å². The van der Waals surface area contributed by atoms with Gasteiger partial charge < -0.3 is 5.32 Å². The predicted octanol–water partition coefficient (Wildman–Crippen LogP) is 2.07. The summed E-state index contributed by atoms with van der Waals surface area (Å²) in [5.41, 5.74) is -4.11. The third-order valence-corrected chi connectivity index (χ3v) is 1.74. The van der Waals surface area contributed by atoms with E-state index in [-0.39, 0.29) is 17.5 Å². The van der Waals surface area contributed by atoms with Crippen LogP contribution in [-0.2, 0) is 0 Å². The molecule has 0 heterocycles. The first-order chi connectivity index (χ1) is 5.06. The Morgan fingerprint density at radius 2 is 1.91 bits per heavy atom. The smallest absolute Gasteiger partial charge is 0.315 e. The lowest BCUT2D eigenvalue weighted by Gasteiger charge is -2.05. The standard InChI is InChI=1S/C5H9ClF3NS/c6-1-2-10-3-4-11-5(7,8)9/h10H,1-4H2. The highest BCUT2D eigenvalue weighted by atomic mass is 35.5. The van der Waals surface area contributed by atoms with Crippen molar-refractivity contribution >= 4 is 23.4 Å². The van der Waals surface area contributed by atoms with Crippen LogP contribution in [0.5, 0.6) is 0 Å². The molecule has 0 saturated carbocycles. The van der Waals surface area contributed by atoms with Gasteiger partial charge in [-0.3, -0.25) is 0 Å². The minimum atomic E-state index is -4.11. The maximum Gasteiger partial charge on any atom is 0.441 e. The summed E-state index contributed by atoms with van der Waals surface area (Å²) in [5.74, 6) is 0.469. The Labute approximate surface area is 72.7 Å². The van der Waals surface area contributed by atoms with Crippen molar-refractivity contribution in [3.63, 3.8) is 0 Å². The van der Waals surface area contributed by atoms with E-state index < -0.39 is 5.51 Å². The summed E-state index contributed by atoms with van der Waals surface area (Å²) in [4.78, 5) is 0. The summed E-state index contributed by atoms with van der Waals surface area (Å²) in [6.45, 7) is 0.900. The Bertz CT molecular complexity index is 98.2. The first kappa shape index (κ1) is 11.4. The van der Waals surface area contributed by atoms with Crippen molar-refractivity contribution in [3.8, 4) is 0 Å². The van der Waals surface area contributed by atoms with Crippen LogP contribution in [0.25, 0.3) is 0 Å². The Morgan fingerprint density at radius 1 is 1.27 bits per heavy atom. The molecule has 1 N–H and O–H groups in total. The van der Waals surface area contributed by atoms with Gasteiger partial charge in [0, 0.05) is 24.7 Å². The minimum Gasteiger partial charge on any atom is -0.315 e. The molecular formula is C5H9ClF3NS. The highest BCUT2D eigenvalue weighted by molar-refractivity contribution is 8.00. The molecule has 0 aromatic rings. The normalized spacial score (nSPS) is 12.0. The summed E-state index contributed by atoms with van der Waals surface area (Å²) in [5, 5.41) is 2.75. The fourth-order valence-corrected chi connectivity index (χ4v) is 1.04. The second kappa shape index (κ2) is 5.97. The van der Waals surface area contributed by atoms with E-state index in [0.717, 1.165) is 0 Å². The molecule has 0 rings (SSSR count). The molecule has 0 fully saturated rings. The number of hydrogen-bond donors (Lipinski definition) is 1. The van der Waals surface area contributed by atoms with Crippen molar-refractivity contribution in [2.45, 2.75) is 5.51 Å². The molecule has 0 atom stereocenters. The molecule has 0 aliphatic carbocycles. The van der Waals surface area contributed by atoms with Crippen molar-refractivity contribution in [1.29, 1.82) is 0 Å². The van der Waals surface area contributed by atoms with Crippen LogP contribution in [-0.4, -0.2) is 30.2 Å². The third kappa shape index (κ3) is 10.4. The maximum absolute atomic E-state index is 11.5. The van der Waals surface area contributed by atoms with E-state index >= 15 is 0 Å². The van der Waals surface area contributed by atoms with Gasteiger partial charge in [-0.25, -0.2) is 0 Å². The Balaban J connectivity index is 3.02. The molecule has 0 amide bonds. The predicted molar refractivity (Wildman–Crippen MR) is 42.1 cm³/mol. The quantitative estimate of drug-likeness (QED) is 0.547. The SMILES string of the molecule is FC(F)(F)SCCNCCCl. The number of hydrogen-bond acceptors (Lipinski definition) is 2. The topological polar surface area (TPSA) is 12.0 Å². The van der Waals surface area contributed by atoms with Gasteiger partial charge in [-0.15, -0.1) is 11.6 Å². The van der Waals surface area contributed by atoms with Crippen molar-refractivity contribution < 1.29 is 13.2 Å². The van der Waals surface area contributed by atoms with Crippen LogP contribution in [0.3, 0.4) is 0 Å². The maximum atomic E-state index is 11.5. The van der Waals surface area contributed by atoms with Crippen molar-refractivity contribution in [2.75, 3.05) is 24.7 Å². The average molecular weight is 208 g/mol. The minimum absolute atomic E-state index is 0.0216. The second-order valence-corrected chi connectivity index (χ2v) is 3.27. The van der Waals surface area contributed by atoms with Crippen LogP contribution in [0.15, 0.2) is 0 Å². The first-order valence-electron chi connectivity index (χ1n) is 3.03. The van der Waals surface area contributed by atoms with Gasteiger partial charge in [0.2, 0.25) is 0 Å². The summed E-state index contributed by atoms with van der Waals surface area (Å²) in [7, 11) is 0. The van der Waals surface area contributed by atoms with Crippen molar-refractivity contribution in [2.24, 2.45) is 0 Å². The number of halogens is 4. The van der Waals surface area contributed by atoms with Gasteiger partial charge in [-0.2, -0.15) is 13.2 Å². The van der Waals surface area contributed by atoms with E-state index in [0.29, 0.717) is 19.0 Å². The Kier molecular flexibility index (Phi) is 6.18. The van der Waals surface area contributed by atoms with Gasteiger partial charge >= 0.3 is 5.51 Å². The van der Waals surface area contributed by atoms with Crippen LogP contribution in [0.1, 0.15) is 0 Å². The highest BCUT2D eigenvalue weighted by Crippen LogP contribution is 2.29. The van der Waals surface area contributed by atoms with Crippen molar-refractivity contribution in [3.05, 3.63) is 0 Å². The molecule has 6 heteroatoms. The second-order valence-electron chi connectivity index (χ2n) is 1.73. The zero-order valence-corrected chi connectivity index (χ0v) is 7.32. The summed E-state index contributed by atoms with van der Waals surface area (Å²) < 4.78 is 34.4. The zero-order chi connectivity index (χ0) is 8.74. The molecule has 0 aliphatic rings. The summed E-state index contributed by atoms with van der Waals surface area (Å²) in [6.07, 6.45) is 0. The third-order valence-electron chi connectivity index (χ3n) is 0.816. The fraction of sp³-hybridized carbons (Fsp3) is 1.00. The first-order valence-corrected chi connectivity index (χ1v) is 4.55. The zero-order valence-electron chi connectivity index (χ0n) is 5.75. The number of alkyl halides is 4. The molecule has 0 aromatic carbocycles.